The lowest BCUT2D eigenvalue weighted by molar-refractivity contribution is -0.115. The zero-order chi connectivity index (χ0) is 19.1. The van der Waals surface area contributed by atoms with Gasteiger partial charge in [-0.05, 0) is 53.4 Å². The summed E-state index contributed by atoms with van der Waals surface area (Å²) in [4.78, 5) is 24.6. The van der Waals surface area contributed by atoms with Crippen LogP contribution in [-0.4, -0.2) is 11.8 Å². The molecule has 27 heavy (non-hydrogen) atoms. The van der Waals surface area contributed by atoms with Crippen LogP contribution in [0.2, 0.25) is 0 Å². The number of carbonyl (C=O) groups is 2. The summed E-state index contributed by atoms with van der Waals surface area (Å²) in [6, 6.07) is 16.6. The highest BCUT2D eigenvalue weighted by Crippen LogP contribution is 2.16. The topological polar surface area (TPSA) is 58.2 Å². The second-order valence-electron chi connectivity index (χ2n) is 5.72. The monoisotopic (exact) mass is 380 g/mol. The molecule has 0 aliphatic carbocycles. The molecule has 0 aliphatic rings. The van der Waals surface area contributed by atoms with Gasteiger partial charge in [-0.1, -0.05) is 30.4 Å². The molecular formula is C21H17FN2O2S. The van der Waals surface area contributed by atoms with E-state index in [1.165, 1.54) is 23.5 Å². The van der Waals surface area contributed by atoms with Gasteiger partial charge in [-0.25, -0.2) is 4.39 Å². The Bertz CT molecular complexity index is 951. The van der Waals surface area contributed by atoms with Gasteiger partial charge in [0.05, 0.1) is 4.88 Å². The van der Waals surface area contributed by atoms with Crippen LogP contribution < -0.4 is 10.6 Å². The molecule has 2 N–H and O–H groups in total. The third-order valence-corrected chi connectivity index (χ3v) is 4.50. The summed E-state index contributed by atoms with van der Waals surface area (Å²) in [7, 11) is 0. The van der Waals surface area contributed by atoms with Crippen molar-refractivity contribution in [2.75, 3.05) is 10.6 Å². The first kappa shape index (κ1) is 18.5. The highest BCUT2D eigenvalue weighted by Gasteiger charge is 2.07. The second kappa shape index (κ2) is 8.91. The predicted molar refractivity (Wildman–Crippen MR) is 107 cm³/mol. The van der Waals surface area contributed by atoms with Crippen molar-refractivity contribution in [2.24, 2.45) is 0 Å². The smallest absolute Gasteiger partial charge is 0.265 e. The van der Waals surface area contributed by atoms with E-state index in [-0.39, 0.29) is 24.1 Å². The van der Waals surface area contributed by atoms with E-state index in [0.29, 0.717) is 21.8 Å². The van der Waals surface area contributed by atoms with E-state index in [0.717, 1.165) is 0 Å². The normalized spacial score (nSPS) is 10.7. The number of anilines is 2. The van der Waals surface area contributed by atoms with Crippen molar-refractivity contribution in [2.45, 2.75) is 6.42 Å². The summed E-state index contributed by atoms with van der Waals surface area (Å²) >= 11 is 1.37. The van der Waals surface area contributed by atoms with Gasteiger partial charge in [0.1, 0.15) is 5.82 Å². The van der Waals surface area contributed by atoms with Gasteiger partial charge in [-0.3, -0.25) is 9.59 Å². The van der Waals surface area contributed by atoms with Crippen LogP contribution in [0.25, 0.3) is 6.08 Å². The molecule has 0 fully saturated rings. The van der Waals surface area contributed by atoms with E-state index < -0.39 is 0 Å². The Hall–Kier alpha value is -3.25. The molecule has 1 aromatic heterocycles. The van der Waals surface area contributed by atoms with Crippen LogP contribution in [-0.2, 0) is 4.79 Å². The molecular weight excluding hydrogens is 363 g/mol. The van der Waals surface area contributed by atoms with Crippen LogP contribution >= 0.6 is 11.3 Å². The van der Waals surface area contributed by atoms with Crippen molar-refractivity contribution in [3.8, 4) is 0 Å². The van der Waals surface area contributed by atoms with Gasteiger partial charge in [0.15, 0.2) is 0 Å². The van der Waals surface area contributed by atoms with Gasteiger partial charge in [-0.15, -0.1) is 11.3 Å². The average molecular weight is 380 g/mol. The quantitative estimate of drug-likeness (QED) is 0.619. The van der Waals surface area contributed by atoms with Crippen LogP contribution in [0.5, 0.6) is 0 Å². The first-order valence-corrected chi connectivity index (χ1v) is 9.15. The maximum absolute atomic E-state index is 13.1. The number of benzene rings is 2. The molecule has 0 saturated heterocycles. The minimum atomic E-state index is -0.312. The fraction of sp³-hybridized carbons (Fsp3) is 0.0476. The Kier molecular flexibility index (Phi) is 6.12. The third kappa shape index (κ3) is 5.62. The molecule has 0 unspecified atom stereocenters. The van der Waals surface area contributed by atoms with Gasteiger partial charge in [-0.2, -0.15) is 0 Å². The molecule has 136 valence electrons. The molecule has 2 aromatic carbocycles. The molecule has 0 radical (unpaired) electrons. The standard InChI is InChI=1S/C21H17FN2O2S/c22-16-6-1-4-15(14-16)5-2-8-20(25)23-17-9-11-18(12-10-17)24-21(26)19-7-3-13-27-19/h1-7,9-14H,8H2,(H,23,25)(H,24,26). The largest absolute Gasteiger partial charge is 0.326 e. The van der Waals surface area contributed by atoms with Crippen LogP contribution in [0.3, 0.4) is 0 Å². The molecule has 3 rings (SSSR count). The van der Waals surface area contributed by atoms with E-state index in [2.05, 4.69) is 10.6 Å². The van der Waals surface area contributed by atoms with Gasteiger partial charge in [0, 0.05) is 17.8 Å². The van der Waals surface area contributed by atoms with Gasteiger partial charge in [0.25, 0.3) is 5.91 Å². The highest BCUT2D eigenvalue weighted by atomic mass is 32.1. The summed E-state index contributed by atoms with van der Waals surface area (Å²) < 4.78 is 13.1. The maximum Gasteiger partial charge on any atom is 0.265 e. The fourth-order valence-electron chi connectivity index (χ4n) is 2.36. The van der Waals surface area contributed by atoms with Gasteiger partial charge < -0.3 is 10.6 Å². The average Bonchev–Trinajstić information content (AvgIpc) is 3.18. The first-order valence-electron chi connectivity index (χ1n) is 8.27. The summed E-state index contributed by atoms with van der Waals surface area (Å²) in [5, 5.41) is 7.42. The van der Waals surface area contributed by atoms with Crippen molar-refractivity contribution < 1.29 is 14.0 Å². The molecule has 0 bridgehead atoms. The zero-order valence-corrected chi connectivity index (χ0v) is 15.1. The number of rotatable bonds is 6. The van der Waals surface area contributed by atoms with E-state index >= 15 is 0 Å². The summed E-state index contributed by atoms with van der Waals surface area (Å²) in [5.74, 6) is -0.657. The maximum atomic E-state index is 13.1. The third-order valence-electron chi connectivity index (χ3n) is 3.63. The summed E-state index contributed by atoms with van der Waals surface area (Å²) in [5.41, 5.74) is 1.99. The lowest BCUT2D eigenvalue weighted by Crippen LogP contribution is -2.11. The highest BCUT2D eigenvalue weighted by molar-refractivity contribution is 7.12. The fourth-order valence-corrected chi connectivity index (χ4v) is 2.98. The summed E-state index contributed by atoms with van der Waals surface area (Å²) in [6.45, 7) is 0. The summed E-state index contributed by atoms with van der Waals surface area (Å²) in [6.07, 6.45) is 3.55. The Morgan fingerprint density at radius 3 is 2.37 bits per heavy atom. The van der Waals surface area contributed by atoms with Crippen LogP contribution in [0.4, 0.5) is 15.8 Å². The number of amides is 2. The minimum Gasteiger partial charge on any atom is -0.326 e. The van der Waals surface area contributed by atoms with Crippen molar-refractivity contribution in [3.63, 3.8) is 0 Å². The molecule has 3 aromatic rings. The van der Waals surface area contributed by atoms with E-state index in [4.69, 9.17) is 0 Å². The molecule has 0 aliphatic heterocycles. The van der Waals surface area contributed by atoms with Crippen molar-refractivity contribution in [3.05, 3.63) is 88.4 Å². The van der Waals surface area contributed by atoms with Crippen LogP contribution in [0.15, 0.2) is 72.1 Å². The Morgan fingerprint density at radius 1 is 0.963 bits per heavy atom. The number of nitrogens with one attached hydrogen (secondary N) is 2. The Morgan fingerprint density at radius 2 is 1.70 bits per heavy atom. The Labute approximate surface area is 160 Å². The van der Waals surface area contributed by atoms with E-state index in [1.54, 1.807) is 54.6 Å². The minimum absolute atomic E-state index is 0.163. The lowest BCUT2D eigenvalue weighted by atomic mass is 10.2. The van der Waals surface area contributed by atoms with Crippen molar-refractivity contribution in [1.82, 2.24) is 0 Å². The van der Waals surface area contributed by atoms with E-state index in [1.807, 2.05) is 11.4 Å². The molecule has 4 nitrogen and oxygen atoms in total. The molecule has 0 saturated carbocycles. The number of hydrogen-bond donors (Lipinski definition) is 2. The first-order chi connectivity index (χ1) is 13.1. The van der Waals surface area contributed by atoms with Crippen molar-refractivity contribution in [1.29, 1.82) is 0 Å². The predicted octanol–water partition coefficient (Wildman–Crippen LogP) is 5.18. The number of halogens is 1. The second-order valence-corrected chi connectivity index (χ2v) is 6.67. The Balaban J connectivity index is 1.50. The molecule has 2 amide bonds. The SMILES string of the molecule is O=C(CC=Cc1cccc(F)c1)Nc1ccc(NC(=O)c2cccs2)cc1. The number of carbonyl (C=O) groups excluding carboxylic acids is 2. The number of thiophene rings is 1. The number of hydrogen-bond acceptors (Lipinski definition) is 3. The molecule has 1 heterocycles. The molecule has 6 heteroatoms. The van der Waals surface area contributed by atoms with Crippen LogP contribution in [0.1, 0.15) is 21.7 Å². The van der Waals surface area contributed by atoms with Gasteiger partial charge >= 0.3 is 0 Å². The molecule has 0 spiro atoms. The van der Waals surface area contributed by atoms with E-state index in [9.17, 15) is 14.0 Å². The zero-order valence-electron chi connectivity index (χ0n) is 14.3. The molecule has 0 atom stereocenters. The van der Waals surface area contributed by atoms with Crippen LogP contribution in [0, 0.1) is 5.82 Å². The van der Waals surface area contributed by atoms with Crippen molar-refractivity contribution >= 4 is 40.6 Å². The lowest BCUT2D eigenvalue weighted by Gasteiger charge is -2.06. The van der Waals surface area contributed by atoms with Gasteiger partial charge in [0.2, 0.25) is 5.91 Å².